The molecule has 0 aliphatic heterocycles. The lowest BCUT2D eigenvalue weighted by molar-refractivity contribution is 0.313. The maximum atomic E-state index is 6.15. The highest BCUT2D eigenvalue weighted by molar-refractivity contribution is 6.76. The van der Waals surface area contributed by atoms with Gasteiger partial charge in [0.05, 0.1) is 6.61 Å². The van der Waals surface area contributed by atoms with E-state index in [4.69, 9.17) is 4.43 Å². The van der Waals surface area contributed by atoms with Gasteiger partial charge in [0.2, 0.25) is 0 Å². The molecule has 1 unspecified atom stereocenters. The van der Waals surface area contributed by atoms with E-state index >= 15 is 0 Å². The van der Waals surface area contributed by atoms with Crippen LogP contribution in [0.1, 0.15) is 41.5 Å². The van der Waals surface area contributed by atoms with Gasteiger partial charge in [0.15, 0.2) is 8.32 Å². The molecular formula is C12H26OSi. The molecule has 0 aromatic carbocycles. The molecule has 0 aliphatic carbocycles. The second-order valence-corrected chi connectivity index (χ2v) is 10.5. The van der Waals surface area contributed by atoms with E-state index in [2.05, 4.69) is 53.3 Å². The first-order chi connectivity index (χ1) is 6.25. The molecule has 14 heavy (non-hydrogen) atoms. The van der Waals surface area contributed by atoms with Crippen molar-refractivity contribution in [3.8, 4) is 0 Å². The first-order valence-corrected chi connectivity index (χ1v) is 7.99. The van der Waals surface area contributed by atoms with Gasteiger partial charge in [-0.25, -0.2) is 0 Å². The molecule has 0 bridgehead atoms. The third-order valence-corrected chi connectivity index (χ3v) is 9.25. The molecule has 2 heteroatoms. The largest absolute Gasteiger partial charge is 0.413 e. The molecule has 0 rings (SSSR count). The summed E-state index contributed by atoms with van der Waals surface area (Å²) in [7, 11) is -1.62. The molecule has 0 heterocycles. The number of hydrogen-bond donors (Lipinski definition) is 0. The molecule has 0 amide bonds. The maximum absolute atomic E-state index is 6.15. The third-order valence-electron chi connectivity index (χ3n) is 3.31. The van der Waals surface area contributed by atoms with Crippen LogP contribution in [0.25, 0.3) is 0 Å². The minimum Gasteiger partial charge on any atom is -0.413 e. The molecule has 0 spiro atoms. The topological polar surface area (TPSA) is 9.23 Å². The molecule has 1 nitrogen and oxygen atoms in total. The van der Waals surface area contributed by atoms with E-state index in [1.54, 1.807) is 0 Å². The van der Waals surface area contributed by atoms with Gasteiger partial charge in [0, 0.05) is 0 Å². The average Bonchev–Trinajstić information content (AvgIpc) is 2.02. The quantitative estimate of drug-likeness (QED) is 0.499. The Balaban J connectivity index is 4.57. The summed E-state index contributed by atoms with van der Waals surface area (Å²) in [5.74, 6) is 0. The Hall–Kier alpha value is -0.0831. The maximum Gasteiger partial charge on any atom is 0.197 e. The van der Waals surface area contributed by atoms with Crippen molar-refractivity contribution >= 4 is 8.32 Å². The predicted molar refractivity (Wildman–Crippen MR) is 67.2 cm³/mol. The second-order valence-electron chi connectivity index (χ2n) is 5.39. The van der Waals surface area contributed by atoms with Crippen LogP contribution in [0.15, 0.2) is 12.2 Å². The summed E-state index contributed by atoms with van der Waals surface area (Å²) < 4.78 is 6.15. The molecule has 0 N–H and O–H groups in total. The van der Waals surface area contributed by atoms with Gasteiger partial charge in [-0.1, -0.05) is 46.8 Å². The highest BCUT2D eigenvalue weighted by atomic mass is 28.4. The van der Waals surface area contributed by atoms with Gasteiger partial charge in [-0.3, -0.25) is 0 Å². The fourth-order valence-electron chi connectivity index (χ4n) is 1.57. The van der Waals surface area contributed by atoms with Crippen LogP contribution in [0.3, 0.4) is 0 Å². The summed E-state index contributed by atoms with van der Waals surface area (Å²) in [6.07, 6.45) is 4.15. The molecule has 1 atom stereocenters. The fourth-order valence-corrected chi connectivity index (χ4v) is 4.51. The van der Waals surface area contributed by atoms with Crippen LogP contribution < -0.4 is 0 Å². The molecule has 0 aromatic rings. The van der Waals surface area contributed by atoms with E-state index in [1.165, 1.54) is 0 Å². The van der Waals surface area contributed by atoms with Crippen molar-refractivity contribution in [2.75, 3.05) is 6.61 Å². The van der Waals surface area contributed by atoms with Crippen molar-refractivity contribution in [1.29, 1.82) is 0 Å². The zero-order valence-corrected chi connectivity index (χ0v) is 11.8. The minimum absolute atomic E-state index is 0.308. The lowest BCUT2D eigenvalue weighted by atomic mass is 10.2. The van der Waals surface area contributed by atoms with Crippen LogP contribution in [0, 0.1) is 0 Å². The highest BCUT2D eigenvalue weighted by Crippen LogP contribution is 2.43. The minimum atomic E-state index is -1.62. The molecule has 0 saturated heterocycles. The Kier molecular flexibility index (Phi) is 5.10. The molecule has 0 aliphatic rings. The molecule has 0 radical (unpaired) electrons. The number of allylic oxidation sites excluding steroid dienone is 1. The van der Waals surface area contributed by atoms with Crippen LogP contribution in [-0.2, 0) is 4.43 Å². The molecule has 0 fully saturated rings. The summed E-state index contributed by atoms with van der Waals surface area (Å²) in [6.45, 7) is 16.6. The van der Waals surface area contributed by atoms with Crippen molar-refractivity contribution in [1.82, 2.24) is 0 Å². The van der Waals surface area contributed by atoms with E-state index in [1.807, 2.05) is 6.92 Å². The van der Waals surface area contributed by atoms with E-state index in [-0.39, 0.29) is 0 Å². The summed E-state index contributed by atoms with van der Waals surface area (Å²) in [4.78, 5) is 0. The average molecular weight is 214 g/mol. The second kappa shape index (κ2) is 5.13. The smallest absolute Gasteiger partial charge is 0.197 e. The van der Waals surface area contributed by atoms with Crippen molar-refractivity contribution < 1.29 is 4.43 Å². The van der Waals surface area contributed by atoms with E-state index < -0.39 is 8.32 Å². The lowest BCUT2D eigenvalue weighted by Gasteiger charge is -2.42. The molecule has 0 aromatic heterocycles. The molecular weight excluding hydrogens is 188 g/mol. The van der Waals surface area contributed by atoms with Gasteiger partial charge in [-0.2, -0.15) is 0 Å². The van der Waals surface area contributed by atoms with Crippen LogP contribution in [-0.4, -0.2) is 14.9 Å². The van der Waals surface area contributed by atoms with Gasteiger partial charge in [0.25, 0.3) is 0 Å². The first kappa shape index (κ1) is 13.9. The Bertz CT molecular complexity index is 191. The first-order valence-electron chi connectivity index (χ1n) is 5.51. The number of rotatable bonds is 4. The van der Waals surface area contributed by atoms with Gasteiger partial charge in [0.1, 0.15) is 0 Å². The van der Waals surface area contributed by atoms with Crippen molar-refractivity contribution in [3.63, 3.8) is 0 Å². The third kappa shape index (κ3) is 3.25. The molecule has 84 valence electrons. The fraction of sp³-hybridized carbons (Fsp3) is 0.833. The van der Waals surface area contributed by atoms with Gasteiger partial charge >= 0.3 is 0 Å². The zero-order valence-electron chi connectivity index (χ0n) is 10.8. The van der Waals surface area contributed by atoms with Gasteiger partial charge in [-0.15, -0.1) is 0 Å². The highest BCUT2D eigenvalue weighted by Gasteiger charge is 2.44. The standard InChI is InChI=1S/C12H26OSi/c1-8-9-10-13-14(7,11(2)3)12(4,5)6/h8-9,11H,10H2,1-7H3. The van der Waals surface area contributed by atoms with E-state index in [0.29, 0.717) is 10.6 Å². The summed E-state index contributed by atoms with van der Waals surface area (Å²) in [5, 5.41) is 0.308. The number of hydrogen-bond acceptors (Lipinski definition) is 1. The summed E-state index contributed by atoms with van der Waals surface area (Å²) in [5.41, 5.74) is 0.660. The zero-order chi connectivity index (χ0) is 11.4. The Morgan fingerprint density at radius 1 is 1.29 bits per heavy atom. The van der Waals surface area contributed by atoms with Crippen LogP contribution >= 0.6 is 0 Å². The Morgan fingerprint density at radius 3 is 2.07 bits per heavy atom. The Labute approximate surface area is 90.7 Å². The summed E-state index contributed by atoms with van der Waals surface area (Å²) in [6, 6.07) is 0. The van der Waals surface area contributed by atoms with E-state index in [9.17, 15) is 0 Å². The van der Waals surface area contributed by atoms with Crippen molar-refractivity contribution in [2.45, 2.75) is 58.7 Å². The SMILES string of the molecule is CC=CCO[Si](C)(C(C)C)C(C)(C)C. The molecule has 0 saturated carbocycles. The monoisotopic (exact) mass is 214 g/mol. The van der Waals surface area contributed by atoms with Gasteiger partial charge in [-0.05, 0) is 24.1 Å². The van der Waals surface area contributed by atoms with Crippen molar-refractivity contribution in [2.24, 2.45) is 0 Å². The van der Waals surface area contributed by atoms with E-state index in [0.717, 1.165) is 6.61 Å². The van der Waals surface area contributed by atoms with Crippen LogP contribution in [0.5, 0.6) is 0 Å². The van der Waals surface area contributed by atoms with Gasteiger partial charge < -0.3 is 4.43 Å². The Morgan fingerprint density at radius 2 is 1.79 bits per heavy atom. The van der Waals surface area contributed by atoms with Crippen LogP contribution in [0.2, 0.25) is 17.1 Å². The normalized spacial score (nSPS) is 17.7. The summed E-state index contributed by atoms with van der Waals surface area (Å²) >= 11 is 0. The van der Waals surface area contributed by atoms with Crippen molar-refractivity contribution in [3.05, 3.63) is 12.2 Å². The lowest BCUT2D eigenvalue weighted by Crippen LogP contribution is -2.47. The predicted octanol–water partition coefficient (Wildman–Crippen LogP) is 4.36. The van der Waals surface area contributed by atoms with Crippen LogP contribution in [0.4, 0.5) is 0 Å².